The Hall–Kier alpha value is -2.04. The van der Waals surface area contributed by atoms with Crippen LogP contribution in [0.4, 0.5) is 17.6 Å². The lowest BCUT2D eigenvalue weighted by atomic mass is 9.87. The third-order valence-electron chi connectivity index (χ3n) is 3.19. The smallest absolute Gasteiger partial charge is 0.416 e. The van der Waals surface area contributed by atoms with Crippen LogP contribution in [-0.2, 0) is 11.6 Å². The number of hydrogen-bond acceptors (Lipinski definition) is 1. The molecule has 1 nitrogen and oxygen atoms in total. The molecule has 118 valence electrons. The minimum absolute atomic E-state index is 0.0581. The van der Waals surface area contributed by atoms with Gasteiger partial charge in [-0.25, -0.2) is 4.39 Å². The Bertz CT molecular complexity index is 669. The predicted octanol–water partition coefficient (Wildman–Crippen LogP) is 5.93. The van der Waals surface area contributed by atoms with Crippen molar-refractivity contribution in [3.05, 3.63) is 59.4 Å². The van der Waals surface area contributed by atoms with Crippen molar-refractivity contribution in [1.29, 1.82) is 0 Å². The highest BCUT2D eigenvalue weighted by atomic mass is 19.4. The molecule has 0 heterocycles. The van der Waals surface area contributed by atoms with Crippen molar-refractivity contribution in [3.63, 3.8) is 0 Å². The highest BCUT2D eigenvalue weighted by Gasteiger charge is 2.30. The molecule has 0 radical (unpaired) electrons. The summed E-state index contributed by atoms with van der Waals surface area (Å²) in [6.45, 7) is 5.82. The average Bonchev–Trinajstić information content (AvgIpc) is 2.39. The lowest BCUT2D eigenvalue weighted by Gasteiger charge is -2.19. The van der Waals surface area contributed by atoms with Gasteiger partial charge in [0, 0.05) is 0 Å². The first-order chi connectivity index (χ1) is 10.1. The number of alkyl halides is 3. The molecule has 0 aliphatic heterocycles. The summed E-state index contributed by atoms with van der Waals surface area (Å²) in [6.07, 6.45) is -4.46. The van der Waals surface area contributed by atoms with Crippen molar-refractivity contribution < 1.29 is 22.3 Å². The quantitative estimate of drug-likeness (QED) is 0.624. The largest absolute Gasteiger partial charge is 0.454 e. The third kappa shape index (κ3) is 3.78. The molecule has 0 fully saturated rings. The second kappa shape index (κ2) is 5.63. The van der Waals surface area contributed by atoms with E-state index in [0.29, 0.717) is 0 Å². The molecule has 0 saturated carbocycles. The fourth-order valence-corrected chi connectivity index (χ4v) is 1.91. The topological polar surface area (TPSA) is 9.23 Å². The minimum atomic E-state index is -4.46. The Morgan fingerprint density at radius 2 is 1.55 bits per heavy atom. The van der Waals surface area contributed by atoms with Gasteiger partial charge in [0.2, 0.25) is 0 Å². The first-order valence-corrected chi connectivity index (χ1v) is 6.72. The Labute approximate surface area is 126 Å². The highest BCUT2D eigenvalue weighted by Crippen LogP contribution is 2.34. The molecule has 2 aromatic carbocycles. The maximum absolute atomic E-state index is 14.1. The van der Waals surface area contributed by atoms with Crippen molar-refractivity contribution in [2.75, 3.05) is 0 Å². The van der Waals surface area contributed by atoms with E-state index in [0.717, 1.165) is 17.7 Å². The zero-order valence-corrected chi connectivity index (χ0v) is 12.5. The molecule has 0 unspecified atom stereocenters. The van der Waals surface area contributed by atoms with Crippen molar-refractivity contribution >= 4 is 0 Å². The van der Waals surface area contributed by atoms with Crippen LogP contribution in [0, 0.1) is 5.82 Å². The number of ether oxygens (including phenoxy) is 1. The number of halogens is 4. The van der Waals surface area contributed by atoms with Gasteiger partial charge in [-0.15, -0.1) is 0 Å². The third-order valence-corrected chi connectivity index (χ3v) is 3.19. The van der Waals surface area contributed by atoms with Gasteiger partial charge in [-0.2, -0.15) is 13.2 Å². The van der Waals surface area contributed by atoms with Gasteiger partial charge < -0.3 is 4.74 Å². The molecule has 0 amide bonds. The summed E-state index contributed by atoms with van der Waals surface area (Å²) >= 11 is 0. The van der Waals surface area contributed by atoms with Crippen LogP contribution in [-0.4, -0.2) is 0 Å². The van der Waals surface area contributed by atoms with Gasteiger partial charge in [0.25, 0.3) is 0 Å². The van der Waals surface area contributed by atoms with E-state index in [1.807, 2.05) is 20.8 Å². The van der Waals surface area contributed by atoms with Crippen molar-refractivity contribution in [1.82, 2.24) is 0 Å². The van der Waals surface area contributed by atoms with Crippen molar-refractivity contribution in [3.8, 4) is 11.5 Å². The van der Waals surface area contributed by atoms with Gasteiger partial charge in [0.05, 0.1) is 5.56 Å². The van der Waals surface area contributed by atoms with Crippen molar-refractivity contribution in [2.45, 2.75) is 32.4 Å². The summed E-state index contributed by atoms with van der Waals surface area (Å²) in [7, 11) is 0. The molecule has 2 aromatic rings. The zero-order chi connectivity index (χ0) is 16.5. The van der Waals surface area contributed by atoms with Crippen LogP contribution in [0.15, 0.2) is 42.5 Å². The molecule has 0 aliphatic carbocycles. The standard InChI is InChI=1S/C17H16F4O/c1-16(2,3)11-7-8-15(14(18)10-11)22-13-6-4-5-12(9-13)17(19,20)21/h4-10H,1-3H3. The zero-order valence-electron chi connectivity index (χ0n) is 12.5. The van der Waals surface area contributed by atoms with Crippen LogP contribution in [0.25, 0.3) is 0 Å². The van der Waals surface area contributed by atoms with Crippen LogP contribution < -0.4 is 4.74 Å². The van der Waals surface area contributed by atoms with Crippen LogP contribution in [0.2, 0.25) is 0 Å². The Balaban J connectivity index is 2.28. The summed E-state index contributed by atoms with van der Waals surface area (Å²) in [6, 6.07) is 8.82. The second-order valence-corrected chi connectivity index (χ2v) is 6.02. The van der Waals surface area contributed by atoms with E-state index < -0.39 is 17.6 Å². The van der Waals surface area contributed by atoms with Crippen LogP contribution in [0.5, 0.6) is 11.5 Å². The summed E-state index contributed by atoms with van der Waals surface area (Å²) < 4.78 is 57.2. The molecule has 2 rings (SSSR count). The Morgan fingerprint density at radius 3 is 2.09 bits per heavy atom. The number of benzene rings is 2. The average molecular weight is 312 g/mol. The van der Waals surface area contributed by atoms with Gasteiger partial charge >= 0.3 is 6.18 Å². The first-order valence-electron chi connectivity index (χ1n) is 6.72. The predicted molar refractivity (Wildman–Crippen MR) is 76.6 cm³/mol. The maximum atomic E-state index is 14.1. The Morgan fingerprint density at radius 1 is 0.864 bits per heavy atom. The molecule has 0 aromatic heterocycles. The van der Waals surface area contributed by atoms with Crippen LogP contribution in [0.1, 0.15) is 31.9 Å². The first kappa shape index (κ1) is 16.3. The molecule has 0 N–H and O–H groups in total. The maximum Gasteiger partial charge on any atom is 0.416 e. The molecule has 0 saturated heterocycles. The molecular formula is C17H16F4O. The van der Waals surface area contributed by atoms with Crippen LogP contribution in [0.3, 0.4) is 0 Å². The van der Waals surface area contributed by atoms with E-state index in [-0.39, 0.29) is 16.9 Å². The van der Waals surface area contributed by atoms with Gasteiger partial charge in [-0.05, 0) is 41.3 Å². The minimum Gasteiger partial charge on any atom is -0.454 e. The SMILES string of the molecule is CC(C)(C)c1ccc(Oc2cccc(C(F)(F)F)c2)c(F)c1. The van der Waals surface area contributed by atoms with E-state index >= 15 is 0 Å². The fraction of sp³-hybridized carbons (Fsp3) is 0.294. The molecular weight excluding hydrogens is 296 g/mol. The molecule has 5 heteroatoms. The summed E-state index contributed by atoms with van der Waals surface area (Å²) in [5.41, 5.74) is -0.284. The van der Waals surface area contributed by atoms with Gasteiger partial charge in [-0.1, -0.05) is 32.9 Å². The number of hydrogen-bond donors (Lipinski definition) is 0. The molecule has 0 bridgehead atoms. The second-order valence-electron chi connectivity index (χ2n) is 6.02. The van der Waals surface area contributed by atoms with E-state index in [1.165, 1.54) is 24.3 Å². The summed E-state index contributed by atoms with van der Waals surface area (Å²) in [4.78, 5) is 0. The van der Waals surface area contributed by atoms with E-state index in [2.05, 4.69) is 0 Å². The van der Waals surface area contributed by atoms with E-state index in [4.69, 9.17) is 4.74 Å². The molecule has 0 aliphatic rings. The monoisotopic (exact) mass is 312 g/mol. The number of rotatable bonds is 2. The van der Waals surface area contributed by atoms with Gasteiger partial charge in [0.15, 0.2) is 11.6 Å². The van der Waals surface area contributed by atoms with Gasteiger partial charge in [0.1, 0.15) is 5.75 Å². The van der Waals surface area contributed by atoms with Crippen LogP contribution >= 0.6 is 0 Å². The summed E-state index contributed by atoms with van der Waals surface area (Å²) in [5, 5.41) is 0. The fourth-order valence-electron chi connectivity index (χ4n) is 1.91. The Kier molecular flexibility index (Phi) is 4.18. The highest BCUT2D eigenvalue weighted by molar-refractivity contribution is 5.38. The molecule has 0 spiro atoms. The van der Waals surface area contributed by atoms with Crippen molar-refractivity contribution in [2.24, 2.45) is 0 Å². The molecule has 0 atom stereocenters. The van der Waals surface area contributed by atoms with E-state index in [1.54, 1.807) is 6.07 Å². The van der Waals surface area contributed by atoms with Gasteiger partial charge in [-0.3, -0.25) is 0 Å². The lowest BCUT2D eigenvalue weighted by Crippen LogP contribution is -2.11. The normalized spacial score (nSPS) is 12.3. The summed E-state index contributed by atoms with van der Waals surface area (Å²) in [5.74, 6) is -0.769. The molecule has 22 heavy (non-hydrogen) atoms. The van der Waals surface area contributed by atoms with E-state index in [9.17, 15) is 17.6 Å². The lowest BCUT2D eigenvalue weighted by molar-refractivity contribution is -0.137.